The van der Waals surface area contributed by atoms with Crippen molar-refractivity contribution in [3.63, 3.8) is 0 Å². The van der Waals surface area contributed by atoms with Gasteiger partial charge in [-0.25, -0.2) is 0 Å². The van der Waals surface area contributed by atoms with Gasteiger partial charge in [-0.05, 0) is 12.8 Å². The van der Waals surface area contributed by atoms with E-state index in [1.807, 2.05) is 6.92 Å². The average molecular weight is 198 g/mol. The fourth-order valence-corrected chi connectivity index (χ4v) is 1.42. The first-order chi connectivity index (χ1) is 6.70. The molecule has 0 fully saturated rings. The highest BCUT2D eigenvalue weighted by Gasteiger charge is 2.07. The summed E-state index contributed by atoms with van der Waals surface area (Å²) in [6.45, 7) is 4.11. The Hall–Kier alpha value is -0.660. The van der Waals surface area contributed by atoms with Crippen LogP contribution >= 0.6 is 0 Å². The third kappa shape index (κ3) is 7.96. The zero-order valence-electron chi connectivity index (χ0n) is 9.47. The molecule has 0 heterocycles. The molecule has 2 nitrogen and oxygen atoms in total. The zero-order chi connectivity index (χ0) is 10.8. The van der Waals surface area contributed by atoms with Crippen molar-refractivity contribution in [3.8, 4) is 0 Å². The smallest absolute Gasteiger partial charge is 0.140 e. The van der Waals surface area contributed by atoms with Crippen LogP contribution in [0.15, 0.2) is 0 Å². The van der Waals surface area contributed by atoms with Gasteiger partial charge in [0, 0.05) is 12.8 Å². The maximum atomic E-state index is 11.3. The van der Waals surface area contributed by atoms with Gasteiger partial charge in [-0.2, -0.15) is 0 Å². The summed E-state index contributed by atoms with van der Waals surface area (Å²) in [4.78, 5) is 22.4. The molecule has 0 saturated heterocycles. The lowest BCUT2D eigenvalue weighted by molar-refractivity contribution is -0.127. The van der Waals surface area contributed by atoms with Crippen molar-refractivity contribution in [2.45, 2.75) is 65.2 Å². The molecule has 0 aliphatic heterocycles. The first kappa shape index (κ1) is 13.3. The van der Waals surface area contributed by atoms with Crippen LogP contribution < -0.4 is 0 Å². The Morgan fingerprint density at radius 1 is 0.786 bits per heavy atom. The fraction of sp³-hybridized carbons (Fsp3) is 0.833. The van der Waals surface area contributed by atoms with E-state index >= 15 is 0 Å². The highest BCUT2D eigenvalue weighted by molar-refractivity contribution is 5.98. The predicted molar refractivity (Wildman–Crippen MR) is 58.3 cm³/mol. The third-order valence-electron chi connectivity index (χ3n) is 2.23. The molecule has 2 heteroatoms. The standard InChI is InChI=1S/C12H22O2/c1-3-5-6-7-9-12(14)10-11(13)8-4-2/h3-10H2,1-2H3. The first-order valence-electron chi connectivity index (χ1n) is 5.74. The summed E-state index contributed by atoms with van der Waals surface area (Å²) < 4.78 is 0. The predicted octanol–water partition coefficient (Wildman–Crippen LogP) is 3.29. The first-order valence-corrected chi connectivity index (χ1v) is 5.74. The Bertz CT molecular complexity index is 173. The largest absolute Gasteiger partial charge is 0.299 e. The van der Waals surface area contributed by atoms with Crippen LogP contribution in [0.3, 0.4) is 0 Å². The van der Waals surface area contributed by atoms with Crippen LogP contribution in [0.1, 0.15) is 65.2 Å². The summed E-state index contributed by atoms with van der Waals surface area (Å²) in [6.07, 6.45) is 6.60. The number of carbonyl (C=O) groups excluding carboxylic acids is 2. The maximum absolute atomic E-state index is 11.3. The van der Waals surface area contributed by atoms with Crippen LogP contribution in [0.4, 0.5) is 0 Å². The van der Waals surface area contributed by atoms with Gasteiger partial charge in [-0.15, -0.1) is 0 Å². The Labute approximate surface area is 87.1 Å². The topological polar surface area (TPSA) is 34.1 Å². The number of ketones is 2. The van der Waals surface area contributed by atoms with Gasteiger partial charge in [0.1, 0.15) is 11.6 Å². The monoisotopic (exact) mass is 198 g/mol. The lowest BCUT2D eigenvalue weighted by Gasteiger charge is -1.99. The fourth-order valence-electron chi connectivity index (χ4n) is 1.42. The van der Waals surface area contributed by atoms with E-state index in [1.165, 1.54) is 12.8 Å². The number of hydrogen-bond donors (Lipinski definition) is 0. The molecular weight excluding hydrogens is 176 g/mol. The Morgan fingerprint density at radius 2 is 1.43 bits per heavy atom. The molecule has 0 aromatic carbocycles. The summed E-state index contributed by atoms with van der Waals surface area (Å²) in [7, 11) is 0. The normalized spacial score (nSPS) is 10.1. The number of Topliss-reactive ketones (excluding diaryl/α,β-unsaturated/α-hetero) is 2. The molecule has 0 radical (unpaired) electrons. The SMILES string of the molecule is CCCCCCC(=O)CC(=O)CCC. The highest BCUT2D eigenvalue weighted by Crippen LogP contribution is 2.05. The number of unbranched alkanes of at least 4 members (excludes halogenated alkanes) is 3. The van der Waals surface area contributed by atoms with Crippen LogP contribution in [-0.2, 0) is 9.59 Å². The number of carbonyl (C=O) groups is 2. The van der Waals surface area contributed by atoms with Crippen molar-refractivity contribution >= 4 is 11.6 Å². The highest BCUT2D eigenvalue weighted by atomic mass is 16.1. The van der Waals surface area contributed by atoms with Gasteiger partial charge in [0.25, 0.3) is 0 Å². The van der Waals surface area contributed by atoms with Crippen LogP contribution in [0.2, 0.25) is 0 Å². The summed E-state index contributed by atoms with van der Waals surface area (Å²) in [5, 5.41) is 0. The Balaban J connectivity index is 3.40. The van der Waals surface area contributed by atoms with Crippen molar-refractivity contribution in [3.05, 3.63) is 0 Å². The molecule has 0 saturated carbocycles. The van der Waals surface area contributed by atoms with E-state index in [0.29, 0.717) is 12.8 Å². The van der Waals surface area contributed by atoms with Gasteiger partial charge in [0.2, 0.25) is 0 Å². The Kier molecular flexibility index (Phi) is 8.50. The van der Waals surface area contributed by atoms with Crippen molar-refractivity contribution in [1.82, 2.24) is 0 Å². The van der Waals surface area contributed by atoms with Gasteiger partial charge in [-0.1, -0.05) is 33.1 Å². The van der Waals surface area contributed by atoms with Crippen LogP contribution in [0.25, 0.3) is 0 Å². The van der Waals surface area contributed by atoms with Crippen molar-refractivity contribution < 1.29 is 9.59 Å². The van der Waals surface area contributed by atoms with Gasteiger partial charge in [-0.3, -0.25) is 9.59 Å². The molecule has 0 bridgehead atoms. The molecule has 0 unspecified atom stereocenters. The lowest BCUT2D eigenvalue weighted by atomic mass is 10.0. The van der Waals surface area contributed by atoms with E-state index in [1.54, 1.807) is 0 Å². The minimum Gasteiger partial charge on any atom is -0.299 e. The molecule has 0 amide bonds. The molecule has 82 valence electrons. The third-order valence-corrected chi connectivity index (χ3v) is 2.23. The minimum atomic E-state index is 0.105. The molecule has 0 spiro atoms. The molecular formula is C12H22O2. The van der Waals surface area contributed by atoms with E-state index in [2.05, 4.69) is 6.92 Å². The van der Waals surface area contributed by atoms with E-state index in [0.717, 1.165) is 19.3 Å². The second-order valence-electron chi connectivity index (χ2n) is 3.81. The minimum absolute atomic E-state index is 0.105. The van der Waals surface area contributed by atoms with Crippen LogP contribution in [0.5, 0.6) is 0 Å². The molecule has 0 N–H and O–H groups in total. The van der Waals surface area contributed by atoms with E-state index < -0.39 is 0 Å². The van der Waals surface area contributed by atoms with Gasteiger partial charge < -0.3 is 0 Å². The quantitative estimate of drug-likeness (QED) is 0.421. The number of rotatable bonds is 9. The molecule has 0 aliphatic carbocycles. The summed E-state index contributed by atoms with van der Waals surface area (Å²) in [5.41, 5.74) is 0. The molecule has 0 rings (SSSR count). The van der Waals surface area contributed by atoms with Crippen LogP contribution in [0, 0.1) is 0 Å². The van der Waals surface area contributed by atoms with Gasteiger partial charge in [0.15, 0.2) is 0 Å². The second kappa shape index (κ2) is 8.92. The zero-order valence-corrected chi connectivity index (χ0v) is 9.47. The van der Waals surface area contributed by atoms with Crippen molar-refractivity contribution in [2.24, 2.45) is 0 Å². The van der Waals surface area contributed by atoms with Crippen molar-refractivity contribution in [1.29, 1.82) is 0 Å². The average Bonchev–Trinajstić information content (AvgIpc) is 2.13. The van der Waals surface area contributed by atoms with E-state index in [4.69, 9.17) is 0 Å². The van der Waals surface area contributed by atoms with E-state index in [9.17, 15) is 9.59 Å². The maximum Gasteiger partial charge on any atom is 0.140 e. The molecule has 0 aliphatic rings. The molecule has 0 aromatic rings. The molecule has 0 aromatic heterocycles. The summed E-state index contributed by atoms with van der Waals surface area (Å²) in [6, 6.07) is 0. The van der Waals surface area contributed by atoms with Gasteiger partial charge >= 0.3 is 0 Å². The molecule has 0 atom stereocenters. The summed E-state index contributed by atoms with van der Waals surface area (Å²) in [5.74, 6) is 0.229. The second-order valence-corrected chi connectivity index (χ2v) is 3.81. The van der Waals surface area contributed by atoms with Gasteiger partial charge in [0.05, 0.1) is 6.42 Å². The lowest BCUT2D eigenvalue weighted by Crippen LogP contribution is -2.06. The van der Waals surface area contributed by atoms with Crippen LogP contribution in [-0.4, -0.2) is 11.6 Å². The summed E-state index contributed by atoms with van der Waals surface area (Å²) >= 11 is 0. The Morgan fingerprint density at radius 3 is 2.00 bits per heavy atom. The number of hydrogen-bond acceptors (Lipinski definition) is 2. The van der Waals surface area contributed by atoms with Crippen molar-refractivity contribution in [2.75, 3.05) is 0 Å². The van der Waals surface area contributed by atoms with E-state index in [-0.39, 0.29) is 18.0 Å². The molecule has 14 heavy (non-hydrogen) atoms.